The summed E-state index contributed by atoms with van der Waals surface area (Å²) >= 11 is 1.85. The van der Waals surface area contributed by atoms with Gasteiger partial charge in [0.05, 0.1) is 5.01 Å². The highest BCUT2D eigenvalue weighted by molar-refractivity contribution is 7.11. The summed E-state index contributed by atoms with van der Waals surface area (Å²) in [6.07, 6.45) is 5.63. The molecule has 104 valence electrons. The van der Waals surface area contributed by atoms with Gasteiger partial charge in [-0.1, -0.05) is 27.2 Å². The minimum atomic E-state index is 0.975. The lowest BCUT2D eigenvalue weighted by Crippen LogP contribution is -2.25. The minimum absolute atomic E-state index is 0.975. The standard InChI is InChI=1S/C14H27N3S/c1-4-7-9-15-11-13-12-16-14(18-13)8-10-17(5-2)6-3/h12,15H,4-11H2,1-3H3. The van der Waals surface area contributed by atoms with Gasteiger partial charge in [-0.15, -0.1) is 11.3 Å². The van der Waals surface area contributed by atoms with Crippen molar-refractivity contribution in [2.45, 2.75) is 46.6 Å². The van der Waals surface area contributed by atoms with Gasteiger partial charge in [0, 0.05) is 30.6 Å². The molecule has 1 aromatic heterocycles. The van der Waals surface area contributed by atoms with Crippen LogP contribution < -0.4 is 5.32 Å². The molecule has 1 N–H and O–H groups in total. The van der Waals surface area contributed by atoms with Gasteiger partial charge in [-0.25, -0.2) is 4.98 Å². The molecule has 0 unspecified atom stereocenters. The molecule has 0 radical (unpaired) electrons. The summed E-state index contributed by atoms with van der Waals surface area (Å²) in [5.74, 6) is 0. The lowest BCUT2D eigenvalue weighted by molar-refractivity contribution is 0.308. The number of likely N-dealkylation sites (N-methyl/N-ethyl adjacent to an activating group) is 1. The van der Waals surface area contributed by atoms with Gasteiger partial charge >= 0.3 is 0 Å². The number of hydrogen-bond donors (Lipinski definition) is 1. The van der Waals surface area contributed by atoms with E-state index >= 15 is 0 Å². The summed E-state index contributed by atoms with van der Waals surface area (Å²) in [7, 11) is 0. The second kappa shape index (κ2) is 9.48. The summed E-state index contributed by atoms with van der Waals surface area (Å²) < 4.78 is 0. The summed E-state index contributed by atoms with van der Waals surface area (Å²) in [4.78, 5) is 8.31. The number of unbranched alkanes of at least 4 members (excludes halogenated alkanes) is 1. The van der Waals surface area contributed by atoms with E-state index in [-0.39, 0.29) is 0 Å². The molecule has 0 aliphatic heterocycles. The smallest absolute Gasteiger partial charge is 0.0940 e. The fourth-order valence-corrected chi connectivity index (χ4v) is 2.73. The molecule has 1 aromatic rings. The van der Waals surface area contributed by atoms with E-state index in [0.29, 0.717) is 0 Å². The van der Waals surface area contributed by atoms with Gasteiger partial charge < -0.3 is 10.2 Å². The molecule has 0 aliphatic rings. The first kappa shape index (κ1) is 15.6. The topological polar surface area (TPSA) is 28.2 Å². The van der Waals surface area contributed by atoms with Crippen molar-refractivity contribution in [3.8, 4) is 0 Å². The molecule has 0 saturated carbocycles. The molecule has 0 spiro atoms. The van der Waals surface area contributed by atoms with Crippen LogP contribution in [0.15, 0.2) is 6.20 Å². The van der Waals surface area contributed by atoms with Crippen LogP contribution in [0.5, 0.6) is 0 Å². The number of aromatic nitrogens is 1. The Hall–Kier alpha value is -0.450. The van der Waals surface area contributed by atoms with E-state index in [9.17, 15) is 0 Å². The molecule has 0 aliphatic carbocycles. The van der Waals surface area contributed by atoms with Crippen LogP contribution in [0.25, 0.3) is 0 Å². The Bertz CT molecular complexity index is 308. The molecular formula is C14H27N3S. The van der Waals surface area contributed by atoms with Gasteiger partial charge in [0.25, 0.3) is 0 Å². The predicted molar refractivity (Wildman–Crippen MR) is 80.2 cm³/mol. The van der Waals surface area contributed by atoms with E-state index in [4.69, 9.17) is 0 Å². The summed E-state index contributed by atoms with van der Waals surface area (Å²) in [5.41, 5.74) is 0. The van der Waals surface area contributed by atoms with Crippen LogP contribution >= 0.6 is 11.3 Å². The van der Waals surface area contributed by atoms with Crippen LogP contribution in [0, 0.1) is 0 Å². The Labute approximate surface area is 116 Å². The third-order valence-electron chi connectivity index (χ3n) is 3.14. The highest BCUT2D eigenvalue weighted by Crippen LogP contribution is 2.13. The third kappa shape index (κ3) is 5.94. The fourth-order valence-electron chi connectivity index (χ4n) is 1.85. The highest BCUT2D eigenvalue weighted by atomic mass is 32.1. The van der Waals surface area contributed by atoms with E-state index in [1.54, 1.807) is 0 Å². The van der Waals surface area contributed by atoms with Gasteiger partial charge in [0.15, 0.2) is 0 Å². The summed E-state index contributed by atoms with van der Waals surface area (Å²) in [6, 6.07) is 0. The first-order chi connectivity index (χ1) is 8.80. The maximum Gasteiger partial charge on any atom is 0.0940 e. The first-order valence-electron chi connectivity index (χ1n) is 7.16. The number of rotatable bonds is 10. The molecule has 0 saturated heterocycles. The number of thiazole rings is 1. The molecule has 0 amide bonds. The van der Waals surface area contributed by atoms with Crippen LogP contribution in [-0.4, -0.2) is 36.1 Å². The van der Waals surface area contributed by atoms with Crippen molar-refractivity contribution in [2.24, 2.45) is 0 Å². The highest BCUT2D eigenvalue weighted by Gasteiger charge is 2.04. The minimum Gasteiger partial charge on any atom is -0.312 e. The van der Waals surface area contributed by atoms with Gasteiger partial charge in [-0.2, -0.15) is 0 Å². The van der Waals surface area contributed by atoms with Crippen LogP contribution in [0.2, 0.25) is 0 Å². The van der Waals surface area contributed by atoms with Crippen LogP contribution in [-0.2, 0) is 13.0 Å². The molecule has 0 aromatic carbocycles. The van der Waals surface area contributed by atoms with Gasteiger partial charge in [-0.05, 0) is 26.1 Å². The maximum absolute atomic E-state index is 4.51. The monoisotopic (exact) mass is 269 g/mol. The van der Waals surface area contributed by atoms with Gasteiger partial charge in [0.2, 0.25) is 0 Å². The van der Waals surface area contributed by atoms with Crippen LogP contribution in [0.3, 0.4) is 0 Å². The van der Waals surface area contributed by atoms with E-state index in [2.05, 4.69) is 36.0 Å². The molecule has 0 atom stereocenters. The van der Waals surface area contributed by atoms with Crippen molar-refractivity contribution in [2.75, 3.05) is 26.2 Å². The van der Waals surface area contributed by atoms with Crippen molar-refractivity contribution in [3.05, 3.63) is 16.1 Å². The second-order valence-corrected chi connectivity index (χ2v) is 5.73. The Morgan fingerprint density at radius 3 is 2.72 bits per heavy atom. The SMILES string of the molecule is CCCCNCc1cnc(CCN(CC)CC)s1. The zero-order valence-electron chi connectivity index (χ0n) is 12.0. The molecule has 3 nitrogen and oxygen atoms in total. The first-order valence-corrected chi connectivity index (χ1v) is 7.98. The number of hydrogen-bond acceptors (Lipinski definition) is 4. The molecule has 0 fully saturated rings. The van der Waals surface area contributed by atoms with Crippen molar-refractivity contribution >= 4 is 11.3 Å². The molecule has 1 heterocycles. The molecule has 1 rings (SSSR count). The maximum atomic E-state index is 4.51. The normalized spacial score (nSPS) is 11.3. The molecule has 0 bridgehead atoms. The average Bonchev–Trinajstić information content (AvgIpc) is 2.84. The zero-order valence-corrected chi connectivity index (χ0v) is 12.9. The number of nitrogens with zero attached hydrogens (tertiary/aromatic N) is 2. The second-order valence-electron chi connectivity index (χ2n) is 4.53. The van der Waals surface area contributed by atoms with Crippen molar-refractivity contribution in [1.82, 2.24) is 15.2 Å². The molecule has 18 heavy (non-hydrogen) atoms. The largest absolute Gasteiger partial charge is 0.312 e. The predicted octanol–water partition coefficient (Wildman–Crippen LogP) is 2.92. The van der Waals surface area contributed by atoms with E-state index < -0.39 is 0 Å². The Balaban J connectivity index is 2.25. The van der Waals surface area contributed by atoms with Crippen LogP contribution in [0.1, 0.15) is 43.5 Å². The van der Waals surface area contributed by atoms with Crippen LogP contribution in [0.4, 0.5) is 0 Å². The average molecular weight is 269 g/mol. The third-order valence-corrected chi connectivity index (χ3v) is 4.20. The van der Waals surface area contributed by atoms with E-state index in [1.165, 1.54) is 22.7 Å². The Morgan fingerprint density at radius 2 is 2.06 bits per heavy atom. The van der Waals surface area contributed by atoms with Gasteiger partial charge in [-0.3, -0.25) is 0 Å². The van der Waals surface area contributed by atoms with Crippen molar-refractivity contribution in [3.63, 3.8) is 0 Å². The van der Waals surface area contributed by atoms with Crippen molar-refractivity contribution < 1.29 is 0 Å². The summed E-state index contributed by atoms with van der Waals surface area (Å²) in [5, 5.41) is 4.74. The Morgan fingerprint density at radius 1 is 1.28 bits per heavy atom. The van der Waals surface area contributed by atoms with E-state index in [0.717, 1.165) is 39.1 Å². The Kier molecular flexibility index (Phi) is 8.22. The lowest BCUT2D eigenvalue weighted by atomic mass is 10.3. The van der Waals surface area contributed by atoms with E-state index in [1.807, 2.05) is 17.5 Å². The van der Waals surface area contributed by atoms with Gasteiger partial charge in [0.1, 0.15) is 0 Å². The molecule has 4 heteroatoms. The zero-order chi connectivity index (χ0) is 13.2. The lowest BCUT2D eigenvalue weighted by Gasteiger charge is -2.16. The quantitative estimate of drug-likeness (QED) is 0.662. The summed E-state index contributed by atoms with van der Waals surface area (Å²) in [6.45, 7) is 12.1. The number of nitrogens with one attached hydrogen (secondary N) is 1. The molecular weight excluding hydrogens is 242 g/mol. The fraction of sp³-hybridized carbons (Fsp3) is 0.786. The van der Waals surface area contributed by atoms with Crippen molar-refractivity contribution in [1.29, 1.82) is 0 Å².